The van der Waals surface area contributed by atoms with Crippen LogP contribution in [-0.4, -0.2) is 35.1 Å². The van der Waals surface area contributed by atoms with E-state index in [-0.39, 0.29) is 11.1 Å². The van der Waals surface area contributed by atoms with E-state index in [0.717, 1.165) is 6.54 Å². The van der Waals surface area contributed by atoms with E-state index in [1.54, 1.807) is 16.7 Å². The van der Waals surface area contributed by atoms with Crippen LogP contribution in [0.1, 0.15) is 13.8 Å². The number of hydrogen-bond acceptors (Lipinski definition) is 3. The number of pyridine rings is 1. The lowest BCUT2D eigenvalue weighted by Gasteiger charge is -2.34. The first-order chi connectivity index (χ1) is 7.47. The summed E-state index contributed by atoms with van der Waals surface area (Å²) < 4.78 is 1.71. The molecule has 0 radical (unpaired) electrons. The highest BCUT2D eigenvalue weighted by molar-refractivity contribution is 4.93. The van der Waals surface area contributed by atoms with E-state index in [4.69, 9.17) is 5.73 Å². The van der Waals surface area contributed by atoms with Gasteiger partial charge in [0.25, 0.3) is 5.56 Å². The summed E-state index contributed by atoms with van der Waals surface area (Å²) in [4.78, 5) is 13.6. The summed E-state index contributed by atoms with van der Waals surface area (Å²) in [6.45, 7) is 6.31. The van der Waals surface area contributed by atoms with Crippen LogP contribution >= 0.6 is 0 Å². The SMILES string of the molecule is CN(CCn1ccccc1=O)C(C)(C)CN. The maximum absolute atomic E-state index is 11.5. The molecular formula is C12H21N3O. The summed E-state index contributed by atoms with van der Waals surface area (Å²) in [6, 6.07) is 5.20. The second kappa shape index (κ2) is 5.27. The van der Waals surface area contributed by atoms with Crippen LogP contribution in [0.4, 0.5) is 0 Å². The molecule has 1 rings (SSSR count). The number of nitrogens with zero attached hydrogens (tertiary/aromatic N) is 2. The third-order valence-electron chi connectivity index (χ3n) is 3.11. The third-order valence-corrected chi connectivity index (χ3v) is 3.11. The molecule has 1 heterocycles. The van der Waals surface area contributed by atoms with Crippen LogP contribution in [0.2, 0.25) is 0 Å². The van der Waals surface area contributed by atoms with Gasteiger partial charge in [-0.25, -0.2) is 0 Å². The van der Waals surface area contributed by atoms with Crippen LogP contribution in [0.3, 0.4) is 0 Å². The Kier molecular flexibility index (Phi) is 4.26. The van der Waals surface area contributed by atoms with Crippen molar-refractivity contribution in [3.8, 4) is 0 Å². The first-order valence-corrected chi connectivity index (χ1v) is 5.54. The molecule has 0 aliphatic heterocycles. The highest BCUT2D eigenvalue weighted by atomic mass is 16.1. The van der Waals surface area contributed by atoms with Gasteiger partial charge >= 0.3 is 0 Å². The summed E-state index contributed by atoms with van der Waals surface area (Å²) in [5, 5.41) is 0. The minimum absolute atomic E-state index is 0.0294. The second-order valence-corrected chi connectivity index (χ2v) is 4.67. The van der Waals surface area contributed by atoms with Crippen molar-refractivity contribution < 1.29 is 0 Å². The molecule has 1 aromatic rings. The van der Waals surface area contributed by atoms with Gasteiger partial charge in [0, 0.05) is 37.4 Å². The molecule has 2 N–H and O–H groups in total. The fourth-order valence-electron chi connectivity index (χ4n) is 1.36. The van der Waals surface area contributed by atoms with Gasteiger partial charge in [-0.3, -0.25) is 9.69 Å². The highest BCUT2D eigenvalue weighted by Gasteiger charge is 2.20. The Morgan fingerprint density at radius 2 is 2.12 bits per heavy atom. The summed E-state index contributed by atoms with van der Waals surface area (Å²) in [5.74, 6) is 0. The predicted molar refractivity (Wildman–Crippen MR) is 66.5 cm³/mol. The van der Waals surface area contributed by atoms with Crippen molar-refractivity contribution in [2.24, 2.45) is 5.73 Å². The molecule has 0 saturated carbocycles. The number of likely N-dealkylation sites (N-methyl/N-ethyl adjacent to an activating group) is 1. The van der Waals surface area contributed by atoms with Gasteiger partial charge in [-0.2, -0.15) is 0 Å². The lowest BCUT2D eigenvalue weighted by molar-refractivity contribution is 0.157. The molecule has 1 aromatic heterocycles. The van der Waals surface area contributed by atoms with Crippen molar-refractivity contribution in [3.05, 3.63) is 34.7 Å². The first kappa shape index (κ1) is 12.9. The number of aromatic nitrogens is 1. The molecular weight excluding hydrogens is 202 g/mol. The van der Waals surface area contributed by atoms with E-state index in [1.165, 1.54) is 0 Å². The fourth-order valence-corrected chi connectivity index (χ4v) is 1.36. The Morgan fingerprint density at radius 1 is 1.44 bits per heavy atom. The zero-order valence-corrected chi connectivity index (χ0v) is 10.3. The predicted octanol–water partition coefficient (Wildman–Crippen LogP) is 0.517. The van der Waals surface area contributed by atoms with Crippen molar-refractivity contribution in [1.29, 1.82) is 0 Å². The molecule has 0 aliphatic rings. The average Bonchev–Trinajstić information content (AvgIpc) is 2.27. The molecule has 0 unspecified atom stereocenters. The van der Waals surface area contributed by atoms with Crippen molar-refractivity contribution >= 4 is 0 Å². The molecule has 0 bridgehead atoms. The van der Waals surface area contributed by atoms with Crippen LogP contribution in [0.25, 0.3) is 0 Å². The first-order valence-electron chi connectivity index (χ1n) is 5.54. The van der Waals surface area contributed by atoms with Crippen LogP contribution in [-0.2, 0) is 6.54 Å². The molecule has 16 heavy (non-hydrogen) atoms. The summed E-state index contributed by atoms with van der Waals surface area (Å²) in [7, 11) is 2.03. The molecule has 90 valence electrons. The number of nitrogens with two attached hydrogens (primary N) is 1. The minimum atomic E-state index is -0.0294. The second-order valence-electron chi connectivity index (χ2n) is 4.67. The Bertz CT molecular complexity index is 384. The Hall–Kier alpha value is -1.13. The van der Waals surface area contributed by atoms with E-state index in [1.807, 2.05) is 19.3 Å². The third kappa shape index (κ3) is 3.18. The maximum Gasteiger partial charge on any atom is 0.250 e. The molecule has 0 atom stereocenters. The van der Waals surface area contributed by atoms with Gasteiger partial charge in [-0.15, -0.1) is 0 Å². The van der Waals surface area contributed by atoms with Gasteiger partial charge in [0.15, 0.2) is 0 Å². The van der Waals surface area contributed by atoms with Gasteiger partial charge in [0.1, 0.15) is 0 Å². The zero-order valence-electron chi connectivity index (χ0n) is 10.3. The number of hydrogen-bond donors (Lipinski definition) is 1. The van der Waals surface area contributed by atoms with Gasteiger partial charge in [-0.05, 0) is 27.0 Å². The topological polar surface area (TPSA) is 51.3 Å². The maximum atomic E-state index is 11.5. The van der Waals surface area contributed by atoms with E-state index < -0.39 is 0 Å². The van der Waals surface area contributed by atoms with Gasteiger partial charge in [0.05, 0.1) is 0 Å². The van der Waals surface area contributed by atoms with Crippen LogP contribution < -0.4 is 11.3 Å². The van der Waals surface area contributed by atoms with E-state index in [2.05, 4.69) is 18.7 Å². The smallest absolute Gasteiger partial charge is 0.250 e. The van der Waals surface area contributed by atoms with Crippen LogP contribution in [0.15, 0.2) is 29.2 Å². The Balaban J connectivity index is 2.59. The fraction of sp³-hybridized carbons (Fsp3) is 0.583. The Labute approximate surface area is 96.7 Å². The summed E-state index contributed by atoms with van der Waals surface area (Å²) in [5.41, 5.74) is 5.71. The molecule has 0 amide bonds. The standard InChI is InChI=1S/C12H21N3O/c1-12(2,10-13)14(3)8-9-15-7-5-4-6-11(15)16/h4-7H,8-10,13H2,1-3H3. The van der Waals surface area contributed by atoms with E-state index >= 15 is 0 Å². The van der Waals surface area contributed by atoms with Crippen molar-refractivity contribution in [2.75, 3.05) is 20.1 Å². The van der Waals surface area contributed by atoms with Crippen molar-refractivity contribution in [1.82, 2.24) is 9.47 Å². The average molecular weight is 223 g/mol. The quantitative estimate of drug-likeness (QED) is 0.791. The molecule has 4 heteroatoms. The normalized spacial score (nSPS) is 12.1. The molecule has 0 aliphatic carbocycles. The summed E-state index contributed by atoms with van der Waals surface area (Å²) >= 11 is 0. The van der Waals surface area contributed by atoms with Gasteiger partial charge in [0.2, 0.25) is 0 Å². The lowest BCUT2D eigenvalue weighted by Crippen LogP contribution is -2.48. The number of rotatable bonds is 5. The van der Waals surface area contributed by atoms with Gasteiger partial charge < -0.3 is 10.3 Å². The molecule has 4 nitrogen and oxygen atoms in total. The highest BCUT2D eigenvalue weighted by Crippen LogP contribution is 2.09. The minimum Gasteiger partial charge on any atom is -0.329 e. The summed E-state index contributed by atoms with van der Waals surface area (Å²) in [6.07, 6.45) is 1.81. The monoisotopic (exact) mass is 223 g/mol. The van der Waals surface area contributed by atoms with Crippen molar-refractivity contribution in [2.45, 2.75) is 25.9 Å². The van der Waals surface area contributed by atoms with E-state index in [9.17, 15) is 4.79 Å². The molecule has 0 spiro atoms. The van der Waals surface area contributed by atoms with Crippen LogP contribution in [0.5, 0.6) is 0 Å². The van der Waals surface area contributed by atoms with E-state index in [0.29, 0.717) is 13.1 Å². The molecule has 0 saturated heterocycles. The largest absolute Gasteiger partial charge is 0.329 e. The lowest BCUT2D eigenvalue weighted by atomic mass is 10.0. The Morgan fingerprint density at radius 3 is 2.69 bits per heavy atom. The molecule has 0 fully saturated rings. The van der Waals surface area contributed by atoms with Crippen LogP contribution in [0, 0.1) is 0 Å². The molecule has 0 aromatic carbocycles. The van der Waals surface area contributed by atoms with Gasteiger partial charge in [-0.1, -0.05) is 6.07 Å². The zero-order chi connectivity index (χ0) is 12.2. The van der Waals surface area contributed by atoms with Crippen molar-refractivity contribution in [3.63, 3.8) is 0 Å².